The number of hydrogen-bond acceptors (Lipinski definition) is 3. The predicted molar refractivity (Wildman–Crippen MR) is 94.2 cm³/mol. The zero-order chi connectivity index (χ0) is 15.7. The summed E-state index contributed by atoms with van der Waals surface area (Å²) in [6.45, 7) is 0.969. The number of carbonyl (C=O) groups is 1. The van der Waals surface area contributed by atoms with Crippen LogP contribution in [0.3, 0.4) is 0 Å². The fraction of sp³-hybridized carbons (Fsp3) is 0.235. The Hall–Kier alpha value is -1.59. The third-order valence-corrected chi connectivity index (χ3v) is 4.20. The zero-order valence-corrected chi connectivity index (χ0v) is 14.0. The van der Waals surface area contributed by atoms with E-state index in [9.17, 15) is 9.90 Å². The molecule has 1 aliphatic heterocycles. The number of anilines is 1. The first-order valence-corrected chi connectivity index (χ1v) is 7.57. The lowest BCUT2D eigenvalue weighted by atomic mass is 9.87. The highest BCUT2D eigenvalue weighted by Gasteiger charge is 2.50. The number of halogens is 2. The average molecular weight is 353 g/mol. The van der Waals surface area contributed by atoms with E-state index >= 15 is 0 Å². The normalized spacial score (nSPS) is 19.4. The number of nitrogens with two attached hydrogens (primary N) is 1. The second-order valence-corrected chi connectivity index (χ2v) is 5.77. The molecule has 0 aliphatic carbocycles. The van der Waals surface area contributed by atoms with Gasteiger partial charge in [-0.3, -0.25) is 4.79 Å². The van der Waals surface area contributed by atoms with Gasteiger partial charge in [0.05, 0.1) is 5.69 Å². The average Bonchev–Trinajstić information content (AvgIpc) is 2.75. The van der Waals surface area contributed by atoms with Crippen LogP contribution in [0.4, 0.5) is 5.69 Å². The van der Waals surface area contributed by atoms with Gasteiger partial charge in [-0.15, -0.1) is 12.4 Å². The minimum absolute atomic E-state index is 0. The van der Waals surface area contributed by atoms with Crippen LogP contribution >= 0.6 is 24.0 Å². The van der Waals surface area contributed by atoms with Crippen LogP contribution in [0.2, 0.25) is 5.02 Å². The monoisotopic (exact) mass is 352 g/mol. The lowest BCUT2D eigenvalue weighted by Crippen LogP contribution is -2.41. The SMILES string of the molecule is Cl.NCCCN1C(=O)C(O)(c2cccc(Cl)c2)c2ccccc21. The van der Waals surface area contributed by atoms with Gasteiger partial charge in [0.1, 0.15) is 0 Å². The van der Waals surface area contributed by atoms with Gasteiger partial charge in [0, 0.05) is 17.1 Å². The summed E-state index contributed by atoms with van der Waals surface area (Å²) >= 11 is 6.03. The maximum Gasteiger partial charge on any atom is 0.268 e. The van der Waals surface area contributed by atoms with Gasteiger partial charge in [-0.25, -0.2) is 0 Å². The van der Waals surface area contributed by atoms with Gasteiger partial charge < -0.3 is 15.7 Å². The fourth-order valence-electron chi connectivity index (χ4n) is 2.90. The quantitative estimate of drug-likeness (QED) is 0.888. The first kappa shape index (κ1) is 17.8. The van der Waals surface area contributed by atoms with Crippen molar-refractivity contribution in [2.45, 2.75) is 12.0 Å². The number of para-hydroxylation sites is 1. The number of aliphatic hydroxyl groups is 1. The summed E-state index contributed by atoms with van der Waals surface area (Å²) in [6.07, 6.45) is 0.672. The molecule has 6 heteroatoms. The van der Waals surface area contributed by atoms with Crippen LogP contribution in [0.1, 0.15) is 17.5 Å². The summed E-state index contributed by atoms with van der Waals surface area (Å²) in [5.41, 5.74) is 5.64. The summed E-state index contributed by atoms with van der Waals surface area (Å²) in [6, 6.07) is 14.1. The van der Waals surface area contributed by atoms with Crippen LogP contribution in [-0.4, -0.2) is 24.1 Å². The Morgan fingerprint density at radius 3 is 2.61 bits per heavy atom. The first-order chi connectivity index (χ1) is 10.6. The lowest BCUT2D eigenvalue weighted by molar-refractivity contribution is -0.132. The molecule has 0 saturated carbocycles. The standard InChI is InChI=1S/C17H17ClN2O2.ClH/c18-13-6-3-5-12(11-13)17(22)14-7-1-2-8-15(14)20(16(17)21)10-4-9-19;/h1-3,5-8,11,22H,4,9-10,19H2;1H. The molecule has 0 radical (unpaired) electrons. The molecule has 0 spiro atoms. The van der Waals surface area contributed by atoms with Crippen molar-refractivity contribution < 1.29 is 9.90 Å². The number of carbonyl (C=O) groups excluding carboxylic acids is 1. The van der Waals surface area contributed by atoms with Crippen LogP contribution in [0.25, 0.3) is 0 Å². The van der Waals surface area contributed by atoms with E-state index in [0.29, 0.717) is 35.7 Å². The van der Waals surface area contributed by atoms with E-state index in [-0.39, 0.29) is 18.3 Å². The molecule has 1 heterocycles. The number of nitrogens with zero attached hydrogens (tertiary/aromatic N) is 1. The Labute approximate surface area is 146 Å². The van der Waals surface area contributed by atoms with Gasteiger partial charge in [0.2, 0.25) is 0 Å². The first-order valence-electron chi connectivity index (χ1n) is 7.19. The maximum atomic E-state index is 12.9. The number of fused-ring (bicyclic) bond motifs is 1. The molecule has 1 unspecified atom stereocenters. The number of hydrogen-bond donors (Lipinski definition) is 2. The van der Waals surface area contributed by atoms with E-state index in [4.69, 9.17) is 17.3 Å². The molecule has 122 valence electrons. The van der Waals surface area contributed by atoms with E-state index in [0.717, 1.165) is 5.69 Å². The molecule has 23 heavy (non-hydrogen) atoms. The zero-order valence-electron chi connectivity index (χ0n) is 12.4. The summed E-state index contributed by atoms with van der Waals surface area (Å²) in [7, 11) is 0. The molecule has 4 nitrogen and oxygen atoms in total. The van der Waals surface area contributed by atoms with Crippen molar-refractivity contribution in [2.75, 3.05) is 18.0 Å². The highest BCUT2D eigenvalue weighted by molar-refractivity contribution is 6.30. The second-order valence-electron chi connectivity index (χ2n) is 5.34. The lowest BCUT2D eigenvalue weighted by Gasteiger charge is -2.23. The van der Waals surface area contributed by atoms with Crippen molar-refractivity contribution in [2.24, 2.45) is 5.73 Å². The summed E-state index contributed by atoms with van der Waals surface area (Å²) in [5, 5.41) is 11.7. The highest BCUT2D eigenvalue weighted by atomic mass is 35.5. The molecule has 2 aromatic carbocycles. The largest absolute Gasteiger partial charge is 0.372 e. The van der Waals surface area contributed by atoms with Crippen molar-refractivity contribution in [3.05, 3.63) is 64.7 Å². The maximum absolute atomic E-state index is 12.9. The van der Waals surface area contributed by atoms with Crippen molar-refractivity contribution in [1.29, 1.82) is 0 Å². The molecule has 0 saturated heterocycles. The Morgan fingerprint density at radius 2 is 1.91 bits per heavy atom. The van der Waals surface area contributed by atoms with E-state index in [2.05, 4.69) is 0 Å². The van der Waals surface area contributed by atoms with Crippen molar-refractivity contribution in [1.82, 2.24) is 0 Å². The molecule has 1 aliphatic rings. The third-order valence-electron chi connectivity index (χ3n) is 3.97. The minimum atomic E-state index is -1.70. The van der Waals surface area contributed by atoms with E-state index in [1.165, 1.54) is 0 Å². The van der Waals surface area contributed by atoms with Crippen LogP contribution in [-0.2, 0) is 10.4 Å². The molecule has 3 N–H and O–H groups in total. The van der Waals surface area contributed by atoms with Crippen LogP contribution in [0, 0.1) is 0 Å². The smallest absolute Gasteiger partial charge is 0.268 e. The minimum Gasteiger partial charge on any atom is -0.372 e. The summed E-state index contributed by atoms with van der Waals surface area (Å²) < 4.78 is 0. The van der Waals surface area contributed by atoms with E-state index in [1.807, 2.05) is 18.2 Å². The molecule has 0 bridgehead atoms. The van der Waals surface area contributed by atoms with Crippen LogP contribution in [0.5, 0.6) is 0 Å². The van der Waals surface area contributed by atoms with Crippen molar-refractivity contribution in [3.8, 4) is 0 Å². The third kappa shape index (κ3) is 2.83. The molecular weight excluding hydrogens is 335 g/mol. The molecule has 0 fully saturated rings. The van der Waals surface area contributed by atoms with Gasteiger partial charge >= 0.3 is 0 Å². The van der Waals surface area contributed by atoms with Crippen LogP contribution < -0.4 is 10.6 Å². The van der Waals surface area contributed by atoms with Crippen LogP contribution in [0.15, 0.2) is 48.5 Å². The van der Waals surface area contributed by atoms with Gasteiger partial charge in [-0.2, -0.15) is 0 Å². The van der Waals surface area contributed by atoms with Gasteiger partial charge in [0.15, 0.2) is 5.60 Å². The van der Waals surface area contributed by atoms with E-state index in [1.54, 1.807) is 35.2 Å². The van der Waals surface area contributed by atoms with Gasteiger partial charge in [-0.05, 0) is 36.7 Å². The molecule has 0 aromatic heterocycles. The Morgan fingerprint density at radius 1 is 1.17 bits per heavy atom. The Balaban J connectivity index is 0.00000192. The summed E-state index contributed by atoms with van der Waals surface area (Å²) in [5.74, 6) is -0.357. The number of benzene rings is 2. The predicted octanol–water partition coefficient (Wildman–Crippen LogP) is 2.69. The molecule has 2 aromatic rings. The van der Waals surface area contributed by atoms with Gasteiger partial charge in [0.25, 0.3) is 5.91 Å². The second kappa shape index (κ2) is 6.89. The number of amides is 1. The number of rotatable bonds is 4. The summed E-state index contributed by atoms with van der Waals surface area (Å²) in [4.78, 5) is 14.5. The van der Waals surface area contributed by atoms with Crippen molar-refractivity contribution in [3.63, 3.8) is 0 Å². The molecule has 1 atom stereocenters. The molecule has 3 rings (SSSR count). The Kier molecular flexibility index (Phi) is 5.32. The highest BCUT2D eigenvalue weighted by Crippen LogP contribution is 2.44. The van der Waals surface area contributed by atoms with Crippen molar-refractivity contribution >= 4 is 35.6 Å². The topological polar surface area (TPSA) is 66.6 Å². The van der Waals surface area contributed by atoms with E-state index < -0.39 is 5.60 Å². The fourth-order valence-corrected chi connectivity index (χ4v) is 3.09. The van der Waals surface area contributed by atoms with Gasteiger partial charge in [-0.1, -0.05) is 41.9 Å². The molecular formula is C17H18Cl2N2O2. The Bertz CT molecular complexity index is 723. The molecule has 1 amide bonds.